The average Bonchev–Trinajstić information content (AvgIpc) is 2.38. The maximum atomic E-state index is 9.88. The molecule has 1 aliphatic rings. The molecule has 0 saturated heterocycles. The van der Waals surface area contributed by atoms with Crippen molar-refractivity contribution < 1.29 is 5.11 Å². The summed E-state index contributed by atoms with van der Waals surface area (Å²) in [5, 5.41) is 9.88. The number of aliphatic hydroxyl groups excluding tert-OH is 1. The fraction of sp³-hybridized carbons (Fsp3) is 0.467. The van der Waals surface area contributed by atoms with Gasteiger partial charge in [0.15, 0.2) is 0 Å². The number of hydrogen-bond acceptors (Lipinski definition) is 1. The van der Waals surface area contributed by atoms with Crippen LogP contribution in [0.5, 0.6) is 0 Å². The maximum Gasteiger partial charge on any atom is 0.140 e. The average molecular weight is 214 g/mol. The van der Waals surface area contributed by atoms with E-state index in [1.807, 2.05) is 30.3 Å². The monoisotopic (exact) mass is 214 g/mol. The lowest BCUT2D eigenvalue weighted by molar-refractivity contribution is 0.238. The molecule has 0 radical (unpaired) electrons. The molecule has 0 bridgehead atoms. The van der Waals surface area contributed by atoms with Crippen LogP contribution in [0.1, 0.15) is 43.8 Å². The molecule has 0 spiro atoms. The lowest BCUT2D eigenvalue weighted by Gasteiger charge is -2.15. The molecule has 1 aromatic carbocycles. The Morgan fingerprint density at radius 2 is 1.75 bits per heavy atom. The Kier molecular flexibility index (Phi) is 4.02. The third-order valence-electron chi connectivity index (χ3n) is 3.14. The van der Waals surface area contributed by atoms with Gasteiger partial charge < -0.3 is 5.11 Å². The molecule has 2 rings (SSSR count). The lowest BCUT2D eigenvalue weighted by atomic mass is 9.89. The van der Waals surface area contributed by atoms with Crippen LogP contribution in [-0.2, 0) is 0 Å². The number of benzene rings is 1. The molecule has 1 nitrogen and oxygen atoms in total. The summed E-state index contributed by atoms with van der Waals surface area (Å²) in [6.45, 7) is 0. The highest BCUT2D eigenvalue weighted by molar-refractivity contribution is 5.25. The van der Waals surface area contributed by atoms with E-state index in [2.05, 4.69) is 11.8 Å². The Balaban J connectivity index is 1.96. The van der Waals surface area contributed by atoms with Crippen molar-refractivity contribution in [1.82, 2.24) is 0 Å². The van der Waals surface area contributed by atoms with Gasteiger partial charge in [-0.05, 0) is 18.4 Å². The van der Waals surface area contributed by atoms with E-state index in [0.29, 0.717) is 5.92 Å². The lowest BCUT2D eigenvalue weighted by Crippen LogP contribution is -2.04. The van der Waals surface area contributed by atoms with E-state index >= 15 is 0 Å². The van der Waals surface area contributed by atoms with Crippen molar-refractivity contribution in [2.24, 2.45) is 5.92 Å². The first-order valence-corrected chi connectivity index (χ1v) is 6.10. The van der Waals surface area contributed by atoms with Gasteiger partial charge in [0.25, 0.3) is 0 Å². The zero-order chi connectivity index (χ0) is 11.2. The second kappa shape index (κ2) is 5.72. The quantitative estimate of drug-likeness (QED) is 0.711. The summed E-state index contributed by atoms with van der Waals surface area (Å²) in [7, 11) is 0. The van der Waals surface area contributed by atoms with E-state index in [1.165, 1.54) is 32.1 Å². The van der Waals surface area contributed by atoms with Crippen molar-refractivity contribution in [3.63, 3.8) is 0 Å². The van der Waals surface area contributed by atoms with Crippen LogP contribution in [0.25, 0.3) is 0 Å². The largest absolute Gasteiger partial charge is 0.376 e. The van der Waals surface area contributed by atoms with E-state index < -0.39 is 6.10 Å². The summed E-state index contributed by atoms with van der Waals surface area (Å²) >= 11 is 0. The summed E-state index contributed by atoms with van der Waals surface area (Å²) in [6.07, 6.45) is 5.72. The molecule has 0 aromatic heterocycles. The molecular formula is C15H18O. The first kappa shape index (κ1) is 11.2. The highest BCUT2D eigenvalue weighted by Crippen LogP contribution is 2.23. The highest BCUT2D eigenvalue weighted by Gasteiger charge is 2.10. The van der Waals surface area contributed by atoms with Crippen LogP contribution in [0.4, 0.5) is 0 Å². The molecule has 0 unspecified atom stereocenters. The summed E-state index contributed by atoms with van der Waals surface area (Å²) in [5.41, 5.74) is 0.894. The van der Waals surface area contributed by atoms with Gasteiger partial charge in [0.2, 0.25) is 0 Å². The smallest absolute Gasteiger partial charge is 0.140 e. The third kappa shape index (κ3) is 3.12. The first-order chi connectivity index (χ1) is 7.86. The molecule has 1 N–H and O–H groups in total. The number of aliphatic hydroxyl groups is 1. The standard InChI is InChI=1S/C15H18O/c16-15(14-9-5-2-6-10-14)12-11-13-7-3-1-4-8-13/h2,5-6,9-10,13,15-16H,1,3-4,7-8H2/t15-/m0/s1. The van der Waals surface area contributed by atoms with Gasteiger partial charge in [-0.2, -0.15) is 0 Å². The molecule has 84 valence electrons. The molecule has 1 atom stereocenters. The molecule has 1 fully saturated rings. The second-order valence-electron chi connectivity index (χ2n) is 4.44. The molecular weight excluding hydrogens is 196 g/mol. The van der Waals surface area contributed by atoms with Gasteiger partial charge in [-0.3, -0.25) is 0 Å². The molecule has 1 heteroatoms. The van der Waals surface area contributed by atoms with E-state index in [0.717, 1.165) is 5.56 Å². The van der Waals surface area contributed by atoms with Crippen molar-refractivity contribution in [2.45, 2.75) is 38.2 Å². The Bertz CT molecular complexity index is 365. The third-order valence-corrected chi connectivity index (χ3v) is 3.14. The van der Waals surface area contributed by atoms with Gasteiger partial charge in [-0.25, -0.2) is 0 Å². The summed E-state index contributed by atoms with van der Waals surface area (Å²) in [5.74, 6) is 6.70. The Labute approximate surface area is 97.5 Å². The van der Waals surface area contributed by atoms with Crippen LogP contribution in [0.2, 0.25) is 0 Å². The van der Waals surface area contributed by atoms with Gasteiger partial charge in [0.05, 0.1) is 0 Å². The first-order valence-electron chi connectivity index (χ1n) is 6.10. The Morgan fingerprint density at radius 3 is 2.44 bits per heavy atom. The SMILES string of the molecule is O[C@@H](C#CC1CCCCC1)c1ccccc1. The molecule has 0 amide bonds. The van der Waals surface area contributed by atoms with E-state index in [1.54, 1.807) is 0 Å². The Morgan fingerprint density at radius 1 is 1.06 bits per heavy atom. The van der Waals surface area contributed by atoms with E-state index in [-0.39, 0.29) is 0 Å². The van der Waals surface area contributed by atoms with Crippen LogP contribution in [-0.4, -0.2) is 5.11 Å². The van der Waals surface area contributed by atoms with Crippen LogP contribution in [0.15, 0.2) is 30.3 Å². The van der Waals surface area contributed by atoms with Crippen LogP contribution >= 0.6 is 0 Å². The van der Waals surface area contributed by atoms with E-state index in [9.17, 15) is 5.11 Å². The van der Waals surface area contributed by atoms with Crippen molar-refractivity contribution in [3.05, 3.63) is 35.9 Å². The molecule has 1 saturated carbocycles. The Hall–Kier alpha value is -1.26. The molecule has 1 aliphatic carbocycles. The minimum atomic E-state index is -0.622. The fourth-order valence-corrected chi connectivity index (χ4v) is 2.16. The second-order valence-corrected chi connectivity index (χ2v) is 4.44. The van der Waals surface area contributed by atoms with Crippen molar-refractivity contribution in [1.29, 1.82) is 0 Å². The summed E-state index contributed by atoms with van der Waals surface area (Å²) in [4.78, 5) is 0. The van der Waals surface area contributed by atoms with Crippen LogP contribution in [0, 0.1) is 17.8 Å². The summed E-state index contributed by atoms with van der Waals surface area (Å²) in [6, 6.07) is 9.65. The van der Waals surface area contributed by atoms with Gasteiger partial charge >= 0.3 is 0 Å². The maximum absolute atomic E-state index is 9.88. The molecule has 0 aliphatic heterocycles. The topological polar surface area (TPSA) is 20.2 Å². The van der Waals surface area contributed by atoms with Gasteiger partial charge in [-0.1, -0.05) is 61.4 Å². The van der Waals surface area contributed by atoms with Crippen LogP contribution in [0.3, 0.4) is 0 Å². The van der Waals surface area contributed by atoms with Gasteiger partial charge in [0.1, 0.15) is 6.10 Å². The zero-order valence-electron chi connectivity index (χ0n) is 9.52. The van der Waals surface area contributed by atoms with Gasteiger partial charge in [0, 0.05) is 5.92 Å². The zero-order valence-corrected chi connectivity index (χ0v) is 9.52. The van der Waals surface area contributed by atoms with Crippen LogP contribution < -0.4 is 0 Å². The van der Waals surface area contributed by atoms with E-state index in [4.69, 9.17) is 0 Å². The molecule has 0 heterocycles. The number of rotatable bonds is 1. The normalized spacial score (nSPS) is 18.6. The number of hydrogen-bond donors (Lipinski definition) is 1. The predicted octanol–water partition coefficient (Wildman–Crippen LogP) is 3.30. The minimum Gasteiger partial charge on any atom is -0.376 e. The molecule has 16 heavy (non-hydrogen) atoms. The predicted molar refractivity (Wildman–Crippen MR) is 65.8 cm³/mol. The molecule has 1 aromatic rings. The van der Waals surface area contributed by atoms with Gasteiger partial charge in [-0.15, -0.1) is 0 Å². The minimum absolute atomic E-state index is 0.507. The fourth-order valence-electron chi connectivity index (χ4n) is 2.16. The van der Waals surface area contributed by atoms with Crippen molar-refractivity contribution in [3.8, 4) is 11.8 Å². The highest BCUT2D eigenvalue weighted by atomic mass is 16.3. The van der Waals surface area contributed by atoms with Crippen molar-refractivity contribution >= 4 is 0 Å². The summed E-state index contributed by atoms with van der Waals surface area (Å²) < 4.78 is 0. The van der Waals surface area contributed by atoms with Crippen molar-refractivity contribution in [2.75, 3.05) is 0 Å².